The van der Waals surface area contributed by atoms with Gasteiger partial charge in [-0.15, -0.1) is 6.42 Å². The predicted molar refractivity (Wildman–Crippen MR) is 54.3 cm³/mol. The molecule has 1 atom stereocenters. The van der Waals surface area contributed by atoms with Gasteiger partial charge in [-0.2, -0.15) is 0 Å². The Kier molecular flexibility index (Phi) is 2.33. The third kappa shape index (κ3) is 1.59. The Morgan fingerprint density at radius 1 is 1.46 bits per heavy atom. The number of nitrogens with one attached hydrogen (secondary N) is 1. The van der Waals surface area contributed by atoms with Crippen molar-refractivity contribution in [2.45, 2.75) is 18.9 Å². The molecular formula is C12H13N. The minimum Gasteiger partial charge on any atom is -0.299 e. The van der Waals surface area contributed by atoms with Crippen LogP contribution in [0.3, 0.4) is 0 Å². The predicted octanol–water partition coefficient (Wildman–Crippen LogP) is 1.90. The average Bonchev–Trinajstić information content (AvgIpc) is 2.58. The molecule has 0 spiro atoms. The van der Waals surface area contributed by atoms with E-state index in [0.29, 0.717) is 12.6 Å². The Bertz CT molecular complexity index is 335. The van der Waals surface area contributed by atoms with Gasteiger partial charge in [-0.05, 0) is 24.0 Å². The van der Waals surface area contributed by atoms with Crippen molar-refractivity contribution in [3.05, 3.63) is 35.4 Å². The van der Waals surface area contributed by atoms with Gasteiger partial charge in [-0.1, -0.05) is 30.2 Å². The minimum absolute atomic E-state index is 0.479. The number of hydrogen-bond acceptors (Lipinski definition) is 1. The normalized spacial score (nSPS) is 19.5. The topological polar surface area (TPSA) is 12.0 Å². The van der Waals surface area contributed by atoms with Crippen molar-refractivity contribution in [1.82, 2.24) is 5.32 Å². The molecule has 2 rings (SSSR count). The molecular weight excluding hydrogens is 161 g/mol. The maximum atomic E-state index is 5.21. The van der Waals surface area contributed by atoms with E-state index in [1.807, 2.05) is 0 Å². The molecule has 0 aromatic heterocycles. The molecule has 1 aromatic carbocycles. The Morgan fingerprint density at radius 3 is 3.15 bits per heavy atom. The van der Waals surface area contributed by atoms with E-state index in [4.69, 9.17) is 6.42 Å². The second-order valence-corrected chi connectivity index (χ2v) is 3.38. The number of aryl methyl sites for hydroxylation is 1. The summed E-state index contributed by atoms with van der Waals surface area (Å²) in [6, 6.07) is 9.06. The Balaban J connectivity index is 2.15. The summed E-state index contributed by atoms with van der Waals surface area (Å²) >= 11 is 0. The van der Waals surface area contributed by atoms with E-state index in [9.17, 15) is 0 Å². The second-order valence-electron chi connectivity index (χ2n) is 3.38. The molecule has 1 nitrogen and oxygen atoms in total. The first kappa shape index (κ1) is 8.34. The number of hydrogen-bond donors (Lipinski definition) is 1. The van der Waals surface area contributed by atoms with E-state index in [2.05, 4.69) is 35.5 Å². The van der Waals surface area contributed by atoms with Crippen molar-refractivity contribution in [2.75, 3.05) is 6.54 Å². The highest BCUT2D eigenvalue weighted by atomic mass is 15.1. The Morgan fingerprint density at radius 2 is 2.31 bits per heavy atom. The van der Waals surface area contributed by atoms with Crippen LogP contribution in [0, 0.1) is 12.3 Å². The molecule has 1 aliphatic carbocycles. The van der Waals surface area contributed by atoms with Crippen molar-refractivity contribution in [2.24, 2.45) is 0 Å². The maximum absolute atomic E-state index is 5.21. The first-order chi connectivity index (χ1) is 6.42. The number of benzene rings is 1. The fourth-order valence-corrected chi connectivity index (χ4v) is 1.95. The van der Waals surface area contributed by atoms with Gasteiger partial charge in [0.1, 0.15) is 0 Å². The lowest BCUT2D eigenvalue weighted by Gasteiger charge is -2.10. The van der Waals surface area contributed by atoms with Gasteiger partial charge in [0.05, 0.1) is 6.54 Å². The first-order valence-electron chi connectivity index (χ1n) is 4.66. The van der Waals surface area contributed by atoms with Crippen LogP contribution >= 0.6 is 0 Å². The largest absolute Gasteiger partial charge is 0.299 e. The molecule has 0 heterocycles. The third-order valence-corrected chi connectivity index (χ3v) is 2.58. The van der Waals surface area contributed by atoms with Crippen molar-refractivity contribution in [3.63, 3.8) is 0 Å². The monoisotopic (exact) mass is 174 g/mol. The Hall–Kier alpha value is -1.26. The van der Waals surface area contributed by atoms with Gasteiger partial charge in [0, 0.05) is 6.04 Å². The number of terminal acetylenes is 1. The fraction of sp³-hybridized carbons (Fsp3) is 0.333. The summed E-state index contributed by atoms with van der Waals surface area (Å²) in [5, 5.41) is 3.35. The highest BCUT2D eigenvalue weighted by Crippen LogP contribution is 2.30. The highest BCUT2D eigenvalue weighted by Gasteiger charge is 2.20. The zero-order valence-electron chi connectivity index (χ0n) is 7.59. The molecule has 0 saturated heterocycles. The minimum atomic E-state index is 0.479. The lowest BCUT2D eigenvalue weighted by atomic mass is 10.1. The SMILES string of the molecule is [13CH]#[13C][13CH2]NC1CCc2ccccc21. The van der Waals surface area contributed by atoms with E-state index in [-0.39, 0.29) is 0 Å². The van der Waals surface area contributed by atoms with Crippen molar-refractivity contribution >= 4 is 0 Å². The molecule has 0 fully saturated rings. The van der Waals surface area contributed by atoms with E-state index >= 15 is 0 Å². The van der Waals surface area contributed by atoms with Gasteiger partial charge in [-0.3, -0.25) is 5.32 Å². The van der Waals surface area contributed by atoms with Crippen LogP contribution in [0.25, 0.3) is 0 Å². The van der Waals surface area contributed by atoms with Gasteiger partial charge in [0.25, 0.3) is 0 Å². The van der Waals surface area contributed by atoms with Crippen LogP contribution < -0.4 is 5.32 Å². The van der Waals surface area contributed by atoms with Gasteiger partial charge in [0.15, 0.2) is 0 Å². The number of rotatable bonds is 2. The van der Waals surface area contributed by atoms with Crippen molar-refractivity contribution in [3.8, 4) is 12.3 Å². The van der Waals surface area contributed by atoms with Gasteiger partial charge >= 0.3 is 0 Å². The first-order valence-corrected chi connectivity index (χ1v) is 4.66. The summed E-state index contributed by atoms with van der Waals surface area (Å²) < 4.78 is 0. The van der Waals surface area contributed by atoms with Crippen molar-refractivity contribution in [1.29, 1.82) is 0 Å². The van der Waals surface area contributed by atoms with Crippen molar-refractivity contribution < 1.29 is 0 Å². The molecule has 66 valence electrons. The van der Waals surface area contributed by atoms with E-state index in [0.717, 1.165) is 0 Å². The zero-order chi connectivity index (χ0) is 9.10. The quantitative estimate of drug-likeness (QED) is 0.533. The molecule has 0 saturated carbocycles. The molecule has 13 heavy (non-hydrogen) atoms. The molecule has 0 amide bonds. The summed E-state index contributed by atoms with van der Waals surface area (Å²) in [5.74, 6) is 2.61. The maximum Gasteiger partial charge on any atom is 0.0578 e. The van der Waals surface area contributed by atoms with Gasteiger partial charge in [-0.25, -0.2) is 0 Å². The molecule has 0 radical (unpaired) electrons. The molecule has 1 heteroatoms. The molecule has 1 aliphatic rings. The summed E-state index contributed by atoms with van der Waals surface area (Å²) in [6.45, 7) is 0.666. The summed E-state index contributed by atoms with van der Waals surface area (Å²) in [7, 11) is 0. The standard InChI is InChI=1S/C12H13N/c1-2-9-13-12-8-7-10-5-3-4-6-11(10)12/h1,3-6,12-13H,7-9H2/i1+1,2+1,9+1. The lowest BCUT2D eigenvalue weighted by molar-refractivity contribution is 0.568. The molecule has 1 N–H and O–H groups in total. The van der Waals surface area contributed by atoms with Crippen LogP contribution in [0.4, 0.5) is 0 Å². The third-order valence-electron chi connectivity index (χ3n) is 2.58. The summed E-state index contributed by atoms with van der Waals surface area (Å²) in [5.41, 5.74) is 2.90. The lowest BCUT2D eigenvalue weighted by Crippen LogP contribution is -2.19. The molecule has 1 aromatic rings. The van der Waals surface area contributed by atoms with Gasteiger partial charge < -0.3 is 0 Å². The summed E-state index contributed by atoms with van der Waals surface area (Å²) in [4.78, 5) is 0. The smallest absolute Gasteiger partial charge is 0.0578 e. The molecule has 1 unspecified atom stereocenters. The second kappa shape index (κ2) is 3.64. The van der Waals surface area contributed by atoms with Crippen LogP contribution in [-0.4, -0.2) is 6.54 Å². The van der Waals surface area contributed by atoms with E-state index in [1.54, 1.807) is 0 Å². The number of fused-ring (bicyclic) bond motifs is 1. The zero-order valence-corrected chi connectivity index (χ0v) is 7.59. The summed E-state index contributed by atoms with van der Waals surface area (Å²) in [6.07, 6.45) is 7.57. The van der Waals surface area contributed by atoms with Crippen LogP contribution in [0.15, 0.2) is 24.3 Å². The Labute approximate surface area is 79.2 Å². The van der Waals surface area contributed by atoms with Crippen LogP contribution in [0.1, 0.15) is 23.6 Å². The van der Waals surface area contributed by atoms with Crippen LogP contribution in [0.5, 0.6) is 0 Å². The fourth-order valence-electron chi connectivity index (χ4n) is 1.95. The molecule has 0 bridgehead atoms. The van der Waals surface area contributed by atoms with Crippen LogP contribution in [-0.2, 0) is 6.42 Å². The highest BCUT2D eigenvalue weighted by molar-refractivity contribution is 5.34. The average molecular weight is 174 g/mol. The van der Waals surface area contributed by atoms with E-state index in [1.165, 1.54) is 24.0 Å². The van der Waals surface area contributed by atoms with E-state index < -0.39 is 0 Å². The molecule has 0 aliphatic heterocycles. The van der Waals surface area contributed by atoms with Crippen LogP contribution in [0.2, 0.25) is 0 Å². The van der Waals surface area contributed by atoms with Gasteiger partial charge in [0.2, 0.25) is 0 Å².